The minimum absolute atomic E-state index is 0.265. The number of hydrogen-bond acceptors (Lipinski definition) is 3. The Morgan fingerprint density at radius 1 is 1.47 bits per heavy atom. The number of para-hydroxylation sites is 1. The molecule has 84 valence electrons. The van der Waals surface area contributed by atoms with Crippen molar-refractivity contribution >= 4 is 5.97 Å². The van der Waals surface area contributed by atoms with Crippen LogP contribution in [0.15, 0.2) is 36.4 Å². The Bertz CT molecular complexity index is 504. The summed E-state index contributed by atoms with van der Waals surface area (Å²) in [6.07, 6.45) is 9.24. The predicted octanol–water partition coefficient (Wildman–Crippen LogP) is 2.43. The topological polar surface area (TPSA) is 50.1 Å². The van der Waals surface area contributed by atoms with Crippen LogP contribution in [-0.2, 0) is 4.79 Å². The molecule has 0 aliphatic heterocycles. The van der Waals surface area contributed by atoms with Crippen molar-refractivity contribution in [2.75, 3.05) is 0 Å². The number of terminal acetylenes is 1. The molecule has 0 spiro atoms. The van der Waals surface area contributed by atoms with Crippen LogP contribution in [-0.4, -0.2) is 5.97 Å². The number of benzene rings is 1. The largest absolute Gasteiger partial charge is 0.422 e. The molecular weight excluding hydrogens is 214 g/mol. The van der Waals surface area contributed by atoms with E-state index in [4.69, 9.17) is 16.4 Å². The highest BCUT2D eigenvalue weighted by Crippen LogP contribution is 2.16. The number of rotatable bonds is 4. The van der Waals surface area contributed by atoms with E-state index in [1.54, 1.807) is 30.3 Å². The molecule has 3 nitrogen and oxygen atoms in total. The Labute approximate surface area is 100 Å². The number of nitrogens with zero attached hydrogens (tertiary/aromatic N) is 1. The van der Waals surface area contributed by atoms with E-state index in [-0.39, 0.29) is 5.75 Å². The maximum atomic E-state index is 11.4. The van der Waals surface area contributed by atoms with Gasteiger partial charge in [-0.1, -0.05) is 18.2 Å². The fourth-order valence-corrected chi connectivity index (χ4v) is 1.14. The van der Waals surface area contributed by atoms with E-state index < -0.39 is 5.97 Å². The number of ether oxygens (including phenoxy) is 1. The second-order valence-corrected chi connectivity index (χ2v) is 3.17. The Morgan fingerprint density at radius 2 is 2.24 bits per heavy atom. The van der Waals surface area contributed by atoms with Gasteiger partial charge in [-0.25, -0.2) is 4.79 Å². The van der Waals surface area contributed by atoms with Gasteiger partial charge < -0.3 is 4.74 Å². The second-order valence-electron chi connectivity index (χ2n) is 3.17. The van der Waals surface area contributed by atoms with Crippen LogP contribution in [0.3, 0.4) is 0 Å². The van der Waals surface area contributed by atoms with Gasteiger partial charge in [0.2, 0.25) is 0 Å². The SMILES string of the molecule is C#CCC/C=C/C(=O)Oc1ccccc1C#N. The van der Waals surface area contributed by atoms with Crippen LogP contribution in [0, 0.1) is 23.7 Å². The van der Waals surface area contributed by atoms with Crippen molar-refractivity contribution in [3.63, 3.8) is 0 Å². The van der Waals surface area contributed by atoms with E-state index in [1.165, 1.54) is 6.08 Å². The first-order chi connectivity index (χ1) is 8.27. The highest BCUT2D eigenvalue weighted by Gasteiger charge is 2.05. The van der Waals surface area contributed by atoms with Gasteiger partial charge >= 0.3 is 5.97 Å². The smallest absolute Gasteiger partial charge is 0.335 e. The number of allylic oxidation sites excluding steroid dienone is 1. The fraction of sp³-hybridized carbons (Fsp3) is 0.143. The number of unbranched alkanes of at least 4 members (excludes halogenated alkanes) is 1. The summed E-state index contributed by atoms with van der Waals surface area (Å²) in [5.74, 6) is 2.22. The quantitative estimate of drug-likeness (QED) is 0.260. The van der Waals surface area contributed by atoms with Crippen molar-refractivity contribution in [2.45, 2.75) is 12.8 Å². The van der Waals surface area contributed by atoms with Crippen LogP contribution in [0.1, 0.15) is 18.4 Å². The first kappa shape index (κ1) is 12.5. The second kappa shape index (κ2) is 6.87. The molecule has 0 fully saturated rings. The molecule has 0 bridgehead atoms. The molecule has 0 saturated carbocycles. The van der Waals surface area contributed by atoms with E-state index in [0.29, 0.717) is 18.4 Å². The molecule has 0 unspecified atom stereocenters. The summed E-state index contributed by atoms with van der Waals surface area (Å²) in [6.45, 7) is 0. The van der Waals surface area contributed by atoms with Crippen LogP contribution >= 0.6 is 0 Å². The minimum atomic E-state index is -0.510. The molecule has 1 aromatic carbocycles. The number of nitriles is 1. The van der Waals surface area contributed by atoms with Gasteiger partial charge in [-0.3, -0.25) is 0 Å². The molecule has 0 heterocycles. The van der Waals surface area contributed by atoms with Crippen molar-refractivity contribution < 1.29 is 9.53 Å². The van der Waals surface area contributed by atoms with E-state index in [1.807, 2.05) is 6.07 Å². The van der Waals surface area contributed by atoms with Gasteiger partial charge in [0.25, 0.3) is 0 Å². The Hall–Kier alpha value is -2.52. The third kappa shape index (κ3) is 4.24. The molecule has 1 aromatic rings. The molecule has 0 saturated heterocycles. The summed E-state index contributed by atoms with van der Waals surface area (Å²) in [5.41, 5.74) is 0.331. The highest BCUT2D eigenvalue weighted by atomic mass is 16.5. The fourth-order valence-electron chi connectivity index (χ4n) is 1.14. The average molecular weight is 225 g/mol. The van der Waals surface area contributed by atoms with Gasteiger partial charge in [0.1, 0.15) is 11.8 Å². The van der Waals surface area contributed by atoms with Crippen molar-refractivity contribution in [1.29, 1.82) is 5.26 Å². The van der Waals surface area contributed by atoms with Crippen LogP contribution < -0.4 is 4.74 Å². The van der Waals surface area contributed by atoms with Gasteiger partial charge in [-0.2, -0.15) is 5.26 Å². The van der Waals surface area contributed by atoms with Crippen LogP contribution in [0.25, 0.3) is 0 Å². The molecule has 0 amide bonds. The molecule has 0 aromatic heterocycles. The standard InChI is InChI=1S/C14H11NO2/c1-2-3-4-5-10-14(16)17-13-9-7-6-8-12(13)11-15/h1,5-10H,3-4H2/b10-5+. The van der Waals surface area contributed by atoms with Crippen molar-refractivity contribution in [1.82, 2.24) is 0 Å². The lowest BCUT2D eigenvalue weighted by molar-refractivity contribution is -0.129. The zero-order valence-electron chi connectivity index (χ0n) is 9.22. The first-order valence-corrected chi connectivity index (χ1v) is 5.09. The minimum Gasteiger partial charge on any atom is -0.422 e. The predicted molar refractivity (Wildman–Crippen MR) is 64.0 cm³/mol. The molecule has 0 aliphatic carbocycles. The summed E-state index contributed by atoms with van der Waals surface area (Å²) in [6, 6.07) is 8.52. The van der Waals surface area contributed by atoms with Gasteiger partial charge in [0.05, 0.1) is 5.56 Å². The highest BCUT2D eigenvalue weighted by molar-refractivity contribution is 5.84. The van der Waals surface area contributed by atoms with Gasteiger partial charge in [0, 0.05) is 12.5 Å². The Balaban J connectivity index is 2.60. The summed E-state index contributed by atoms with van der Waals surface area (Å²) < 4.78 is 5.02. The lowest BCUT2D eigenvalue weighted by Crippen LogP contribution is -2.04. The first-order valence-electron chi connectivity index (χ1n) is 5.09. The van der Waals surface area contributed by atoms with Crippen molar-refractivity contribution in [3.8, 4) is 24.2 Å². The number of carbonyl (C=O) groups is 1. The lowest BCUT2D eigenvalue weighted by atomic mass is 10.2. The molecule has 1 rings (SSSR count). The van der Waals surface area contributed by atoms with Crippen LogP contribution in [0.2, 0.25) is 0 Å². The summed E-state index contributed by atoms with van der Waals surface area (Å²) in [4.78, 5) is 11.4. The normalized spacial score (nSPS) is 9.53. The summed E-state index contributed by atoms with van der Waals surface area (Å²) >= 11 is 0. The zero-order chi connectivity index (χ0) is 12.5. The molecule has 0 radical (unpaired) electrons. The molecule has 0 aliphatic rings. The molecule has 0 atom stereocenters. The maximum Gasteiger partial charge on any atom is 0.335 e. The average Bonchev–Trinajstić information content (AvgIpc) is 2.35. The van der Waals surface area contributed by atoms with Crippen LogP contribution in [0.4, 0.5) is 0 Å². The summed E-state index contributed by atoms with van der Waals surface area (Å²) in [7, 11) is 0. The Kier molecular flexibility index (Phi) is 5.07. The maximum absolute atomic E-state index is 11.4. The number of esters is 1. The van der Waals surface area contributed by atoms with E-state index in [2.05, 4.69) is 5.92 Å². The van der Waals surface area contributed by atoms with E-state index >= 15 is 0 Å². The van der Waals surface area contributed by atoms with Crippen molar-refractivity contribution in [3.05, 3.63) is 42.0 Å². The van der Waals surface area contributed by atoms with Gasteiger partial charge in [0.15, 0.2) is 0 Å². The van der Waals surface area contributed by atoms with E-state index in [9.17, 15) is 4.79 Å². The number of carbonyl (C=O) groups excluding carboxylic acids is 1. The van der Waals surface area contributed by atoms with Gasteiger partial charge in [-0.15, -0.1) is 12.3 Å². The molecule has 3 heteroatoms. The molecule has 17 heavy (non-hydrogen) atoms. The summed E-state index contributed by atoms with van der Waals surface area (Å²) in [5, 5.41) is 8.80. The molecular formula is C14H11NO2. The third-order valence-corrected chi connectivity index (χ3v) is 1.93. The Morgan fingerprint density at radius 3 is 2.94 bits per heavy atom. The van der Waals surface area contributed by atoms with Crippen LogP contribution in [0.5, 0.6) is 5.75 Å². The number of hydrogen-bond donors (Lipinski definition) is 0. The van der Waals surface area contributed by atoms with Gasteiger partial charge in [-0.05, 0) is 18.6 Å². The monoisotopic (exact) mass is 225 g/mol. The third-order valence-electron chi connectivity index (χ3n) is 1.93. The lowest BCUT2D eigenvalue weighted by Gasteiger charge is -2.02. The van der Waals surface area contributed by atoms with Crippen molar-refractivity contribution in [2.24, 2.45) is 0 Å². The van der Waals surface area contributed by atoms with E-state index in [0.717, 1.165) is 0 Å². The molecule has 0 N–H and O–H groups in total. The zero-order valence-corrected chi connectivity index (χ0v) is 9.22.